The number of ether oxygens (including phenoxy) is 1. The second-order valence-corrected chi connectivity index (χ2v) is 6.30. The highest BCUT2D eigenvalue weighted by Crippen LogP contribution is 2.24. The summed E-state index contributed by atoms with van der Waals surface area (Å²) in [6.45, 7) is 0.999. The van der Waals surface area contributed by atoms with Gasteiger partial charge in [0.25, 0.3) is 0 Å². The van der Waals surface area contributed by atoms with Crippen LogP contribution in [0, 0.1) is 0 Å². The van der Waals surface area contributed by atoms with E-state index in [1.807, 2.05) is 0 Å². The Bertz CT molecular complexity index is 629. The van der Waals surface area contributed by atoms with Crippen molar-refractivity contribution in [1.29, 1.82) is 0 Å². The molecule has 2 rings (SSSR count). The van der Waals surface area contributed by atoms with E-state index in [2.05, 4.69) is 10.6 Å². The van der Waals surface area contributed by atoms with Crippen LogP contribution in [-0.2, 0) is 4.79 Å². The highest BCUT2D eigenvalue weighted by atomic mass is 19.4. The Morgan fingerprint density at radius 1 is 1.19 bits per heavy atom. The molecule has 1 heterocycles. The summed E-state index contributed by atoms with van der Waals surface area (Å²) in [6, 6.07) is 4.72. The number of nitrogens with one attached hydrogen (secondary N) is 2. The van der Waals surface area contributed by atoms with Gasteiger partial charge in [0, 0.05) is 51.1 Å². The quantitative estimate of drug-likeness (QED) is 0.664. The first-order valence-electron chi connectivity index (χ1n) is 8.76. The fourth-order valence-electron chi connectivity index (χ4n) is 2.89. The van der Waals surface area contributed by atoms with E-state index in [9.17, 15) is 22.8 Å². The zero-order chi connectivity index (χ0) is 19.9. The number of hydrogen-bond donors (Lipinski definition) is 2. The van der Waals surface area contributed by atoms with Crippen LogP contribution >= 0.6 is 0 Å². The number of hydrogen-bond acceptors (Lipinski definition) is 5. The van der Waals surface area contributed by atoms with Crippen molar-refractivity contribution in [3.8, 4) is 5.75 Å². The molecule has 9 heteroatoms. The topological polar surface area (TPSA) is 70.7 Å². The van der Waals surface area contributed by atoms with E-state index in [1.54, 1.807) is 24.3 Å². The number of Topliss-reactive ketones (excluding diaryl/α,β-unsaturated/α-hetero) is 1. The third-order valence-corrected chi connectivity index (χ3v) is 4.45. The van der Waals surface area contributed by atoms with Gasteiger partial charge in [0.2, 0.25) is 5.91 Å². The van der Waals surface area contributed by atoms with Crippen LogP contribution in [0.3, 0.4) is 0 Å². The fraction of sp³-hybridized carbons (Fsp3) is 0.556. The van der Waals surface area contributed by atoms with Gasteiger partial charge in [-0.15, -0.1) is 0 Å². The Balaban J connectivity index is 1.81. The third kappa shape index (κ3) is 6.51. The average Bonchev–Trinajstić information content (AvgIpc) is 2.66. The lowest BCUT2D eigenvalue weighted by atomic mass is 10.1. The maximum Gasteiger partial charge on any atom is 0.405 e. The minimum absolute atomic E-state index is 0.0670. The zero-order valence-corrected chi connectivity index (χ0v) is 15.1. The van der Waals surface area contributed by atoms with Crippen LogP contribution in [0.2, 0.25) is 0 Å². The van der Waals surface area contributed by atoms with Gasteiger partial charge in [-0.25, -0.2) is 0 Å². The molecule has 0 radical (unpaired) electrons. The second kappa shape index (κ2) is 9.70. The van der Waals surface area contributed by atoms with Crippen molar-refractivity contribution >= 4 is 11.7 Å². The smallest absolute Gasteiger partial charge is 0.405 e. The van der Waals surface area contributed by atoms with Crippen LogP contribution in [0.25, 0.3) is 0 Å². The Kier molecular flexibility index (Phi) is 7.61. The minimum atomic E-state index is -4.43. The number of ketones is 1. The first-order chi connectivity index (χ1) is 12.8. The normalized spacial score (nSPS) is 16.6. The molecule has 0 bridgehead atoms. The number of benzene rings is 1. The van der Waals surface area contributed by atoms with Crippen LogP contribution in [0.15, 0.2) is 24.3 Å². The van der Waals surface area contributed by atoms with E-state index in [1.165, 1.54) is 12.0 Å². The third-order valence-electron chi connectivity index (χ3n) is 4.45. The Morgan fingerprint density at radius 3 is 2.37 bits per heavy atom. The second-order valence-electron chi connectivity index (χ2n) is 6.30. The summed E-state index contributed by atoms with van der Waals surface area (Å²) >= 11 is 0. The van der Waals surface area contributed by atoms with Crippen molar-refractivity contribution in [2.24, 2.45) is 0 Å². The van der Waals surface area contributed by atoms with Crippen molar-refractivity contribution in [1.82, 2.24) is 15.5 Å². The summed E-state index contributed by atoms with van der Waals surface area (Å²) in [5, 5.41) is 5.32. The molecule has 1 aliphatic rings. The molecule has 1 amide bonds. The number of halogens is 3. The number of amides is 1. The van der Waals surface area contributed by atoms with Gasteiger partial charge in [-0.05, 0) is 24.3 Å². The van der Waals surface area contributed by atoms with Gasteiger partial charge in [0.15, 0.2) is 5.78 Å². The molecule has 0 saturated carbocycles. The SMILES string of the molecule is COc1ccc(C(=O)CCC(=O)NCC(N2CCNCC2)C(F)(F)F)cc1. The Morgan fingerprint density at radius 2 is 1.81 bits per heavy atom. The number of piperazine rings is 1. The number of carbonyl (C=O) groups excluding carboxylic acids is 2. The molecule has 1 saturated heterocycles. The summed E-state index contributed by atoms with van der Waals surface area (Å²) in [5.41, 5.74) is 0.428. The largest absolute Gasteiger partial charge is 0.497 e. The molecule has 2 N–H and O–H groups in total. The number of alkyl halides is 3. The molecule has 1 fully saturated rings. The average molecular weight is 387 g/mol. The summed E-state index contributed by atoms with van der Waals surface area (Å²) in [5.74, 6) is -0.209. The molecule has 27 heavy (non-hydrogen) atoms. The Labute approximate surface area is 156 Å². The number of carbonyl (C=O) groups is 2. The summed E-state index contributed by atoms with van der Waals surface area (Å²) in [6.07, 6.45) is -4.65. The first-order valence-corrected chi connectivity index (χ1v) is 8.76. The highest BCUT2D eigenvalue weighted by Gasteiger charge is 2.43. The predicted octanol–water partition coefficient (Wildman–Crippen LogP) is 1.61. The predicted molar refractivity (Wildman–Crippen MR) is 93.9 cm³/mol. The molecule has 6 nitrogen and oxygen atoms in total. The molecule has 1 aromatic carbocycles. The molecule has 0 aromatic heterocycles. The number of rotatable bonds is 8. The van der Waals surface area contributed by atoms with E-state index in [-0.39, 0.29) is 31.7 Å². The van der Waals surface area contributed by atoms with Crippen LogP contribution in [0.1, 0.15) is 23.2 Å². The van der Waals surface area contributed by atoms with Gasteiger partial charge in [0.05, 0.1) is 7.11 Å². The van der Waals surface area contributed by atoms with Crippen LogP contribution < -0.4 is 15.4 Å². The van der Waals surface area contributed by atoms with Gasteiger partial charge >= 0.3 is 6.18 Å². The van der Waals surface area contributed by atoms with Crippen molar-refractivity contribution < 1.29 is 27.5 Å². The monoisotopic (exact) mass is 387 g/mol. The van der Waals surface area contributed by atoms with Crippen LogP contribution in [-0.4, -0.2) is 68.6 Å². The van der Waals surface area contributed by atoms with Crippen molar-refractivity contribution in [3.05, 3.63) is 29.8 Å². The first kappa shape index (κ1) is 21.2. The molecule has 0 aliphatic carbocycles. The van der Waals surface area contributed by atoms with Crippen LogP contribution in [0.5, 0.6) is 5.75 Å². The zero-order valence-electron chi connectivity index (χ0n) is 15.1. The lowest BCUT2D eigenvalue weighted by Gasteiger charge is -2.35. The van der Waals surface area contributed by atoms with E-state index >= 15 is 0 Å². The maximum atomic E-state index is 13.3. The van der Waals surface area contributed by atoms with Gasteiger partial charge < -0.3 is 15.4 Å². The van der Waals surface area contributed by atoms with E-state index < -0.39 is 24.7 Å². The van der Waals surface area contributed by atoms with E-state index in [0.717, 1.165) is 0 Å². The van der Waals surface area contributed by atoms with Crippen molar-refractivity contribution in [2.75, 3.05) is 39.8 Å². The molecular weight excluding hydrogens is 363 g/mol. The summed E-state index contributed by atoms with van der Waals surface area (Å²) in [4.78, 5) is 25.3. The molecule has 150 valence electrons. The van der Waals surface area contributed by atoms with Gasteiger partial charge in [-0.3, -0.25) is 14.5 Å². The molecule has 1 aliphatic heterocycles. The van der Waals surface area contributed by atoms with Gasteiger partial charge in [-0.1, -0.05) is 0 Å². The number of methoxy groups -OCH3 is 1. The standard InChI is InChI=1S/C18H24F3N3O3/c1-27-14-4-2-13(3-5-14)15(25)6-7-17(26)23-12-16(18(19,20)21)24-10-8-22-9-11-24/h2-5,16,22H,6-12H2,1H3,(H,23,26). The minimum Gasteiger partial charge on any atom is -0.497 e. The summed E-state index contributed by atoms with van der Waals surface area (Å²) < 4.78 is 44.8. The van der Waals surface area contributed by atoms with E-state index in [0.29, 0.717) is 24.4 Å². The highest BCUT2D eigenvalue weighted by molar-refractivity contribution is 5.98. The Hall–Kier alpha value is -2.13. The maximum absolute atomic E-state index is 13.3. The van der Waals surface area contributed by atoms with Gasteiger partial charge in [0.1, 0.15) is 11.8 Å². The van der Waals surface area contributed by atoms with Crippen LogP contribution in [0.4, 0.5) is 13.2 Å². The van der Waals surface area contributed by atoms with Gasteiger partial charge in [-0.2, -0.15) is 13.2 Å². The van der Waals surface area contributed by atoms with Crippen molar-refractivity contribution in [3.63, 3.8) is 0 Å². The number of nitrogens with zero attached hydrogens (tertiary/aromatic N) is 1. The molecule has 0 spiro atoms. The fourth-order valence-corrected chi connectivity index (χ4v) is 2.89. The molecule has 1 atom stereocenters. The summed E-state index contributed by atoms with van der Waals surface area (Å²) in [7, 11) is 1.51. The molecular formula is C18H24F3N3O3. The van der Waals surface area contributed by atoms with Crippen molar-refractivity contribution in [2.45, 2.75) is 25.1 Å². The van der Waals surface area contributed by atoms with E-state index in [4.69, 9.17) is 4.74 Å². The lowest BCUT2D eigenvalue weighted by molar-refractivity contribution is -0.184. The lowest BCUT2D eigenvalue weighted by Crippen LogP contribution is -2.57. The molecule has 1 aromatic rings. The molecule has 1 unspecified atom stereocenters.